The summed E-state index contributed by atoms with van der Waals surface area (Å²) in [6.07, 6.45) is 11.9. The van der Waals surface area contributed by atoms with Crippen LogP contribution in [-0.4, -0.2) is 106 Å². The summed E-state index contributed by atoms with van der Waals surface area (Å²) < 4.78 is 23.4. The van der Waals surface area contributed by atoms with Crippen molar-refractivity contribution in [1.82, 2.24) is 29.3 Å². The van der Waals surface area contributed by atoms with E-state index in [-0.39, 0.29) is 23.4 Å². The number of pyridine rings is 2. The highest BCUT2D eigenvalue weighted by Crippen LogP contribution is 2.43. The molecule has 3 saturated heterocycles. The molecular formula is C38H47FN8O3. The Bertz CT molecular complexity index is 1850. The summed E-state index contributed by atoms with van der Waals surface area (Å²) in [7, 11) is 3.73. The number of carbonyl (C=O) groups is 1. The van der Waals surface area contributed by atoms with Crippen molar-refractivity contribution in [2.24, 2.45) is 5.41 Å². The van der Waals surface area contributed by atoms with Gasteiger partial charge in [-0.2, -0.15) is 0 Å². The summed E-state index contributed by atoms with van der Waals surface area (Å²) in [5, 5.41) is 13.2. The quantitative estimate of drug-likeness (QED) is 0.266. The minimum Gasteiger partial charge on any atom is -0.496 e. The van der Waals surface area contributed by atoms with Crippen molar-refractivity contribution in [2.45, 2.75) is 69.6 Å². The second-order valence-electron chi connectivity index (χ2n) is 14.9. The summed E-state index contributed by atoms with van der Waals surface area (Å²) in [4.78, 5) is 34.6. The number of aromatic nitrogens is 4. The van der Waals surface area contributed by atoms with Gasteiger partial charge in [-0.1, -0.05) is 0 Å². The molecule has 3 aliphatic heterocycles. The Morgan fingerprint density at radius 3 is 2.48 bits per heavy atom. The van der Waals surface area contributed by atoms with E-state index in [9.17, 15) is 9.90 Å². The van der Waals surface area contributed by atoms with Crippen LogP contribution in [-0.2, 0) is 0 Å². The first-order valence-corrected chi connectivity index (χ1v) is 18.1. The molecule has 0 bridgehead atoms. The predicted molar refractivity (Wildman–Crippen MR) is 191 cm³/mol. The molecular weight excluding hydrogens is 635 g/mol. The lowest BCUT2D eigenvalue weighted by atomic mass is 9.71. The molecule has 6 heterocycles. The van der Waals surface area contributed by atoms with E-state index in [1.165, 1.54) is 64.6 Å². The number of fused-ring (bicyclic) bond motifs is 1. The molecule has 1 aliphatic carbocycles. The van der Waals surface area contributed by atoms with Crippen molar-refractivity contribution < 1.29 is 19.0 Å². The summed E-state index contributed by atoms with van der Waals surface area (Å²) >= 11 is 0. The Labute approximate surface area is 292 Å². The maximum atomic E-state index is 15.9. The van der Waals surface area contributed by atoms with E-state index in [1.54, 1.807) is 12.3 Å². The zero-order chi connectivity index (χ0) is 34.4. The standard InChI is InChI=1S/C38H47FN8O3/c1-44-19-13-38(14-20-44)23-46(24-38)25-11-17-45(18-12-25)27-5-8-31-32(21-27)47(26-3-6-28(48)7-4-26)37(42-31)43-36(49)29-9-16-41-35(34(29)39)30-22-40-15-10-33(30)50-2/h5,8-10,15-16,21-22,25-26,28,48H,3-4,6-7,11-14,17-20,23-24H2,1-2H3,(H,42,43,49)/t26-,28+. The van der Waals surface area contributed by atoms with E-state index < -0.39 is 11.7 Å². The number of ether oxygens (including phenoxy) is 1. The van der Waals surface area contributed by atoms with Crippen LogP contribution in [0.15, 0.2) is 48.9 Å². The van der Waals surface area contributed by atoms with Gasteiger partial charge in [0, 0.05) is 62.5 Å². The maximum Gasteiger partial charge on any atom is 0.261 e. The van der Waals surface area contributed by atoms with E-state index >= 15 is 4.39 Å². The van der Waals surface area contributed by atoms with E-state index in [2.05, 4.69) is 53.7 Å². The van der Waals surface area contributed by atoms with Gasteiger partial charge in [-0.3, -0.25) is 25.0 Å². The van der Waals surface area contributed by atoms with Gasteiger partial charge in [0.05, 0.1) is 35.4 Å². The molecule has 2 N–H and O–H groups in total. The molecule has 8 rings (SSSR count). The molecule has 50 heavy (non-hydrogen) atoms. The van der Waals surface area contributed by atoms with Crippen LogP contribution < -0.4 is 15.0 Å². The zero-order valence-corrected chi connectivity index (χ0v) is 29.0. The zero-order valence-electron chi connectivity index (χ0n) is 29.0. The molecule has 1 aromatic carbocycles. The molecule has 0 radical (unpaired) electrons. The lowest BCUT2D eigenvalue weighted by molar-refractivity contribution is -0.0704. The van der Waals surface area contributed by atoms with E-state index in [0.29, 0.717) is 41.6 Å². The average Bonchev–Trinajstić information content (AvgIpc) is 3.48. The number of carbonyl (C=O) groups excluding carboxylic acids is 1. The number of aliphatic hydroxyl groups excluding tert-OH is 1. The minimum atomic E-state index is -0.759. The largest absolute Gasteiger partial charge is 0.496 e. The number of piperidine rings is 2. The summed E-state index contributed by atoms with van der Waals surface area (Å²) in [5.41, 5.74) is 3.60. The second-order valence-corrected chi connectivity index (χ2v) is 14.9. The number of aliphatic hydroxyl groups is 1. The third-order valence-corrected chi connectivity index (χ3v) is 11.8. The summed E-state index contributed by atoms with van der Waals surface area (Å²) in [6.45, 7) is 6.96. The van der Waals surface area contributed by atoms with Crippen molar-refractivity contribution in [2.75, 3.05) is 63.6 Å². The van der Waals surface area contributed by atoms with Crippen LogP contribution in [0, 0.1) is 11.2 Å². The first-order valence-electron chi connectivity index (χ1n) is 18.1. The van der Waals surface area contributed by atoms with Gasteiger partial charge in [-0.15, -0.1) is 0 Å². The summed E-state index contributed by atoms with van der Waals surface area (Å²) in [5.74, 6) is -0.589. The van der Waals surface area contributed by atoms with Gasteiger partial charge in [0.1, 0.15) is 11.4 Å². The molecule has 4 fully saturated rings. The number of likely N-dealkylation sites (tertiary alicyclic amines) is 2. The molecule has 4 aliphatic rings. The molecule has 264 valence electrons. The lowest BCUT2D eigenvalue weighted by Gasteiger charge is -2.57. The number of imidazole rings is 1. The van der Waals surface area contributed by atoms with Gasteiger partial charge in [-0.05, 0) is 107 Å². The highest BCUT2D eigenvalue weighted by molar-refractivity contribution is 6.05. The number of benzene rings is 1. The van der Waals surface area contributed by atoms with Crippen LogP contribution in [0.5, 0.6) is 5.75 Å². The normalized spacial score (nSPS) is 23.2. The van der Waals surface area contributed by atoms with Gasteiger partial charge in [-0.25, -0.2) is 9.37 Å². The molecule has 12 heteroatoms. The molecule has 4 aromatic rings. The Morgan fingerprint density at radius 2 is 1.74 bits per heavy atom. The fourth-order valence-corrected chi connectivity index (χ4v) is 8.74. The fourth-order valence-electron chi connectivity index (χ4n) is 8.74. The number of nitrogens with zero attached hydrogens (tertiary/aromatic N) is 7. The lowest BCUT2D eigenvalue weighted by Crippen LogP contribution is -2.63. The third-order valence-electron chi connectivity index (χ3n) is 11.8. The highest BCUT2D eigenvalue weighted by Gasteiger charge is 2.46. The van der Waals surface area contributed by atoms with Crippen molar-refractivity contribution >= 4 is 28.6 Å². The van der Waals surface area contributed by atoms with Crippen LogP contribution >= 0.6 is 0 Å². The first kappa shape index (κ1) is 33.0. The first-order chi connectivity index (χ1) is 24.3. The molecule has 1 saturated carbocycles. The summed E-state index contributed by atoms with van der Waals surface area (Å²) in [6, 6.07) is 10.0. The van der Waals surface area contributed by atoms with Gasteiger partial charge >= 0.3 is 0 Å². The van der Waals surface area contributed by atoms with Gasteiger partial charge < -0.3 is 24.2 Å². The van der Waals surface area contributed by atoms with Crippen molar-refractivity contribution in [3.63, 3.8) is 0 Å². The van der Waals surface area contributed by atoms with Crippen molar-refractivity contribution in [1.29, 1.82) is 0 Å². The topological polar surface area (TPSA) is 112 Å². The number of hydrogen-bond donors (Lipinski definition) is 2. The van der Waals surface area contributed by atoms with Crippen LogP contribution in [0.2, 0.25) is 0 Å². The number of anilines is 2. The molecule has 1 amide bonds. The smallest absolute Gasteiger partial charge is 0.261 e. The van der Waals surface area contributed by atoms with Crippen molar-refractivity contribution in [3.05, 3.63) is 60.3 Å². The molecule has 0 atom stereocenters. The van der Waals surface area contributed by atoms with Crippen molar-refractivity contribution in [3.8, 4) is 17.0 Å². The van der Waals surface area contributed by atoms with Gasteiger partial charge in [0.2, 0.25) is 5.95 Å². The van der Waals surface area contributed by atoms with E-state index in [1.807, 2.05) is 6.07 Å². The number of hydrogen-bond acceptors (Lipinski definition) is 9. The maximum absolute atomic E-state index is 15.9. The van der Waals surface area contributed by atoms with E-state index in [4.69, 9.17) is 9.72 Å². The number of halogens is 1. The average molecular weight is 683 g/mol. The fraction of sp³-hybridized carbons (Fsp3) is 0.526. The molecule has 3 aromatic heterocycles. The Morgan fingerprint density at radius 1 is 0.980 bits per heavy atom. The van der Waals surface area contributed by atoms with Gasteiger partial charge in [0.15, 0.2) is 5.82 Å². The number of methoxy groups -OCH3 is 1. The Kier molecular flexibility index (Phi) is 8.94. The van der Waals surface area contributed by atoms with Crippen LogP contribution in [0.1, 0.15) is 67.8 Å². The SMILES string of the molecule is COc1ccncc1-c1nccc(C(=O)Nc2nc3ccc(N4CCC(N5CC6(CCN(C)CC6)C5)CC4)cc3n2[C@H]2CC[C@@H](O)CC2)c1F. The molecule has 1 spiro atoms. The number of nitrogens with one attached hydrogen (secondary N) is 1. The Hall–Kier alpha value is -4.13. The van der Waals surface area contributed by atoms with Crippen LogP contribution in [0.3, 0.4) is 0 Å². The Balaban J connectivity index is 1.03. The van der Waals surface area contributed by atoms with E-state index in [0.717, 1.165) is 55.5 Å². The number of amides is 1. The van der Waals surface area contributed by atoms with Crippen LogP contribution in [0.4, 0.5) is 16.0 Å². The van der Waals surface area contributed by atoms with Gasteiger partial charge in [0.25, 0.3) is 5.91 Å². The van der Waals surface area contributed by atoms with Crippen LogP contribution in [0.25, 0.3) is 22.3 Å². The highest BCUT2D eigenvalue weighted by atomic mass is 19.1. The monoisotopic (exact) mass is 682 g/mol. The molecule has 0 unspecified atom stereocenters. The molecule has 11 nitrogen and oxygen atoms in total. The number of rotatable bonds is 7. The third kappa shape index (κ3) is 6.22. The second kappa shape index (κ2) is 13.5. The predicted octanol–water partition coefficient (Wildman–Crippen LogP) is 5.37. The minimum absolute atomic E-state index is 0.0128.